The van der Waals surface area contributed by atoms with Crippen LogP contribution in [0.5, 0.6) is 0 Å². The third-order valence-electron chi connectivity index (χ3n) is 3.72. The van der Waals surface area contributed by atoms with Crippen LogP contribution in [-0.4, -0.2) is 24.2 Å². The lowest BCUT2D eigenvalue weighted by Crippen LogP contribution is -2.50. The molecule has 1 heterocycles. The fraction of sp³-hybridized carbons (Fsp3) is 0.500. The van der Waals surface area contributed by atoms with Crippen LogP contribution in [0.1, 0.15) is 36.2 Å². The van der Waals surface area contributed by atoms with E-state index >= 15 is 0 Å². The van der Waals surface area contributed by atoms with Crippen LogP contribution in [0.4, 0.5) is 0 Å². The molecule has 2 atom stereocenters. The SMILES string of the molecule is Cc1ccc(C(=O)NC2(C)CCOC2C)cc1Br. The Kier molecular flexibility index (Phi) is 3.78. The van der Waals surface area contributed by atoms with Gasteiger partial charge in [-0.15, -0.1) is 0 Å². The molecule has 1 aliphatic heterocycles. The summed E-state index contributed by atoms with van der Waals surface area (Å²) in [6, 6.07) is 5.64. The van der Waals surface area contributed by atoms with Crippen molar-refractivity contribution < 1.29 is 9.53 Å². The Hall–Kier alpha value is -0.870. The number of nitrogens with one attached hydrogen (secondary N) is 1. The smallest absolute Gasteiger partial charge is 0.251 e. The van der Waals surface area contributed by atoms with Crippen LogP contribution >= 0.6 is 15.9 Å². The minimum absolute atomic E-state index is 0.0458. The number of benzene rings is 1. The van der Waals surface area contributed by atoms with Crippen LogP contribution in [0.3, 0.4) is 0 Å². The van der Waals surface area contributed by atoms with Crippen molar-refractivity contribution in [3.05, 3.63) is 33.8 Å². The lowest BCUT2D eigenvalue weighted by atomic mass is 9.94. The second-order valence-corrected chi connectivity index (χ2v) is 5.95. The van der Waals surface area contributed by atoms with Crippen LogP contribution in [0.2, 0.25) is 0 Å². The van der Waals surface area contributed by atoms with Crippen molar-refractivity contribution in [2.45, 2.75) is 38.8 Å². The molecule has 0 aromatic heterocycles. The van der Waals surface area contributed by atoms with Crippen LogP contribution in [-0.2, 0) is 4.74 Å². The molecule has 0 radical (unpaired) electrons. The summed E-state index contributed by atoms with van der Waals surface area (Å²) in [7, 11) is 0. The number of amides is 1. The highest BCUT2D eigenvalue weighted by molar-refractivity contribution is 9.10. The molecule has 1 aromatic rings. The first-order chi connectivity index (χ1) is 8.42. The number of hydrogen-bond acceptors (Lipinski definition) is 2. The molecule has 1 aromatic carbocycles. The summed E-state index contributed by atoms with van der Waals surface area (Å²) in [6.07, 6.45) is 0.905. The second kappa shape index (κ2) is 5.02. The molecule has 0 spiro atoms. The summed E-state index contributed by atoms with van der Waals surface area (Å²) in [5.74, 6) is -0.0458. The van der Waals surface area contributed by atoms with E-state index in [1.165, 1.54) is 0 Å². The third kappa shape index (κ3) is 2.59. The molecule has 1 fully saturated rings. The molecule has 3 nitrogen and oxygen atoms in total. The maximum atomic E-state index is 12.2. The van der Waals surface area contributed by atoms with Gasteiger partial charge >= 0.3 is 0 Å². The van der Waals surface area contributed by atoms with Gasteiger partial charge in [-0.25, -0.2) is 0 Å². The first-order valence-electron chi connectivity index (χ1n) is 6.13. The normalized spacial score (nSPS) is 27.2. The first-order valence-corrected chi connectivity index (χ1v) is 6.92. The summed E-state index contributed by atoms with van der Waals surface area (Å²) >= 11 is 3.45. The highest BCUT2D eigenvalue weighted by atomic mass is 79.9. The van der Waals surface area contributed by atoms with Gasteiger partial charge in [0.1, 0.15) is 0 Å². The van der Waals surface area contributed by atoms with E-state index in [0.29, 0.717) is 12.2 Å². The van der Waals surface area contributed by atoms with Crippen molar-refractivity contribution in [2.24, 2.45) is 0 Å². The Bertz CT molecular complexity index is 475. The Morgan fingerprint density at radius 2 is 2.28 bits per heavy atom. The molecule has 2 unspecified atom stereocenters. The highest BCUT2D eigenvalue weighted by Gasteiger charge is 2.38. The fourth-order valence-electron chi connectivity index (χ4n) is 2.06. The number of halogens is 1. The lowest BCUT2D eigenvalue weighted by Gasteiger charge is -2.29. The molecule has 0 saturated carbocycles. The summed E-state index contributed by atoms with van der Waals surface area (Å²) < 4.78 is 6.48. The molecule has 1 aliphatic rings. The Balaban J connectivity index is 2.14. The minimum atomic E-state index is -0.269. The number of aryl methyl sites for hydroxylation is 1. The number of ether oxygens (including phenoxy) is 1. The summed E-state index contributed by atoms with van der Waals surface area (Å²) in [4.78, 5) is 12.2. The lowest BCUT2D eigenvalue weighted by molar-refractivity contribution is 0.0727. The van der Waals surface area contributed by atoms with Crippen molar-refractivity contribution in [3.63, 3.8) is 0 Å². The molecule has 18 heavy (non-hydrogen) atoms. The van der Waals surface area contributed by atoms with Gasteiger partial charge in [0.15, 0.2) is 0 Å². The van der Waals surface area contributed by atoms with Crippen molar-refractivity contribution in [1.29, 1.82) is 0 Å². The maximum absolute atomic E-state index is 12.2. The van der Waals surface area contributed by atoms with E-state index < -0.39 is 0 Å². The van der Waals surface area contributed by atoms with Gasteiger partial charge in [-0.1, -0.05) is 22.0 Å². The number of rotatable bonds is 2. The standard InChI is InChI=1S/C14H18BrNO2/c1-9-4-5-11(8-12(9)15)13(17)16-14(3)6-7-18-10(14)2/h4-5,8,10H,6-7H2,1-3H3,(H,16,17). The average Bonchev–Trinajstić information content (AvgIpc) is 2.63. The van der Waals surface area contributed by atoms with Crippen LogP contribution in [0, 0.1) is 6.92 Å². The van der Waals surface area contributed by atoms with E-state index in [0.717, 1.165) is 16.5 Å². The molecule has 4 heteroatoms. The molecular formula is C14H18BrNO2. The minimum Gasteiger partial charge on any atom is -0.376 e. The maximum Gasteiger partial charge on any atom is 0.251 e. The predicted molar refractivity (Wildman–Crippen MR) is 74.8 cm³/mol. The van der Waals surface area contributed by atoms with E-state index in [-0.39, 0.29) is 17.6 Å². The Morgan fingerprint density at radius 3 is 2.83 bits per heavy atom. The zero-order chi connectivity index (χ0) is 13.3. The topological polar surface area (TPSA) is 38.3 Å². The van der Waals surface area contributed by atoms with E-state index in [2.05, 4.69) is 21.2 Å². The first kappa shape index (κ1) is 13.6. The van der Waals surface area contributed by atoms with E-state index in [4.69, 9.17) is 4.74 Å². The van der Waals surface area contributed by atoms with E-state index in [1.807, 2.05) is 39.0 Å². The van der Waals surface area contributed by atoms with E-state index in [1.54, 1.807) is 0 Å². The fourth-order valence-corrected chi connectivity index (χ4v) is 2.44. The van der Waals surface area contributed by atoms with Crippen LogP contribution in [0.15, 0.2) is 22.7 Å². The number of hydrogen-bond donors (Lipinski definition) is 1. The summed E-state index contributed by atoms with van der Waals surface area (Å²) in [6.45, 7) is 6.74. The van der Waals surface area contributed by atoms with Gasteiger partial charge in [-0.2, -0.15) is 0 Å². The van der Waals surface area contributed by atoms with Gasteiger partial charge < -0.3 is 10.1 Å². The summed E-state index contributed by atoms with van der Waals surface area (Å²) in [5.41, 5.74) is 1.53. The van der Waals surface area contributed by atoms with Crippen molar-refractivity contribution in [3.8, 4) is 0 Å². The highest BCUT2D eigenvalue weighted by Crippen LogP contribution is 2.26. The average molecular weight is 312 g/mol. The van der Waals surface area contributed by atoms with Gasteiger partial charge in [0.2, 0.25) is 0 Å². The molecule has 1 saturated heterocycles. The van der Waals surface area contributed by atoms with Gasteiger partial charge in [0, 0.05) is 16.6 Å². The molecule has 1 amide bonds. The van der Waals surface area contributed by atoms with Gasteiger partial charge in [0.05, 0.1) is 11.6 Å². The van der Waals surface area contributed by atoms with Gasteiger partial charge in [-0.05, 0) is 44.9 Å². The predicted octanol–water partition coefficient (Wildman–Crippen LogP) is 3.05. The van der Waals surface area contributed by atoms with Crippen LogP contribution in [0.25, 0.3) is 0 Å². The molecule has 0 bridgehead atoms. The Morgan fingerprint density at radius 1 is 1.56 bits per heavy atom. The molecular weight excluding hydrogens is 294 g/mol. The number of carbonyl (C=O) groups is 1. The Labute approximate surface area is 116 Å². The van der Waals surface area contributed by atoms with Crippen molar-refractivity contribution in [2.75, 3.05) is 6.61 Å². The third-order valence-corrected chi connectivity index (χ3v) is 4.57. The van der Waals surface area contributed by atoms with Crippen molar-refractivity contribution >= 4 is 21.8 Å². The second-order valence-electron chi connectivity index (χ2n) is 5.10. The number of carbonyl (C=O) groups excluding carboxylic acids is 1. The van der Waals surface area contributed by atoms with Gasteiger partial charge in [-0.3, -0.25) is 4.79 Å². The zero-order valence-electron chi connectivity index (χ0n) is 10.9. The molecule has 2 rings (SSSR count). The largest absolute Gasteiger partial charge is 0.376 e. The monoisotopic (exact) mass is 311 g/mol. The van der Waals surface area contributed by atoms with Gasteiger partial charge in [0.25, 0.3) is 5.91 Å². The van der Waals surface area contributed by atoms with Crippen LogP contribution < -0.4 is 5.32 Å². The zero-order valence-corrected chi connectivity index (χ0v) is 12.5. The molecule has 0 aliphatic carbocycles. The quantitative estimate of drug-likeness (QED) is 0.911. The van der Waals surface area contributed by atoms with E-state index in [9.17, 15) is 4.79 Å². The molecule has 98 valence electrons. The molecule has 1 N–H and O–H groups in total. The van der Waals surface area contributed by atoms with Crippen molar-refractivity contribution in [1.82, 2.24) is 5.32 Å². The summed E-state index contributed by atoms with van der Waals surface area (Å²) in [5, 5.41) is 3.08.